The van der Waals surface area contributed by atoms with E-state index in [2.05, 4.69) is 6.07 Å². The van der Waals surface area contributed by atoms with Gasteiger partial charge in [0.25, 0.3) is 0 Å². The normalized spacial score (nSPS) is 10.0. The smallest absolute Gasteiger partial charge is 0.132 e. The van der Waals surface area contributed by atoms with Crippen LogP contribution in [0, 0.1) is 12.0 Å². The predicted octanol–water partition coefficient (Wildman–Crippen LogP) is 3.81. The molecule has 0 spiro atoms. The third kappa shape index (κ3) is 7.39. The Hall–Kier alpha value is -0.186. The molecular formula is C17H26O3SY-2. The molecule has 1 rings (SSSR count). The van der Waals surface area contributed by atoms with Crippen LogP contribution in [0.4, 0.5) is 0 Å². The summed E-state index contributed by atoms with van der Waals surface area (Å²) in [7, 11) is -3.19. The Morgan fingerprint density at radius 3 is 2.05 bits per heavy atom. The second kappa shape index (κ2) is 12.3. The second-order valence-corrected chi connectivity index (χ2v) is 6.64. The van der Waals surface area contributed by atoms with E-state index in [-0.39, 0.29) is 49.1 Å². The number of hydrogen-bond donors (Lipinski definition) is 0. The van der Waals surface area contributed by atoms with E-state index in [1.54, 1.807) is 19.1 Å². The van der Waals surface area contributed by atoms with E-state index in [1.807, 2.05) is 27.7 Å². The first-order chi connectivity index (χ1) is 9.94. The van der Waals surface area contributed by atoms with Gasteiger partial charge in [-0.15, -0.1) is 0 Å². The van der Waals surface area contributed by atoms with Gasteiger partial charge in [0.1, 0.15) is 9.84 Å². The molecule has 0 unspecified atom stereocenters. The third-order valence-corrected chi connectivity index (χ3v) is 4.92. The van der Waals surface area contributed by atoms with Gasteiger partial charge in [0.05, 0.1) is 0 Å². The van der Waals surface area contributed by atoms with Gasteiger partial charge < -0.3 is 10.7 Å². The Morgan fingerprint density at radius 1 is 1.14 bits per heavy atom. The summed E-state index contributed by atoms with van der Waals surface area (Å²) >= 11 is 0. The van der Waals surface area contributed by atoms with Crippen LogP contribution in [0.2, 0.25) is 0 Å². The Balaban J connectivity index is 0. The van der Waals surface area contributed by atoms with Gasteiger partial charge in [-0.1, -0.05) is 34.6 Å². The SMILES string of the molecule is CC.CC[C-](CC)C(=O)Cc1[c-]cc(S(=O)(=O)CC)cc1.[Y]. The maximum atomic E-state index is 11.9. The summed E-state index contributed by atoms with van der Waals surface area (Å²) in [5, 5.41) is 0. The van der Waals surface area contributed by atoms with E-state index in [9.17, 15) is 13.2 Å². The van der Waals surface area contributed by atoms with Crippen molar-refractivity contribution in [3.05, 3.63) is 35.7 Å². The number of hydrogen-bond acceptors (Lipinski definition) is 3. The molecule has 0 amide bonds. The summed E-state index contributed by atoms with van der Waals surface area (Å²) in [5.74, 6) is 1.11. The molecule has 0 aliphatic rings. The number of carbonyl (C=O) groups is 1. The van der Waals surface area contributed by atoms with Gasteiger partial charge >= 0.3 is 0 Å². The number of ketones is 1. The number of carbonyl (C=O) groups excluding carboxylic acids is 1. The maximum absolute atomic E-state index is 11.9. The standard InChI is InChI=1S/C15H20O3S.C2H6.Y/c1-4-13(5-2)15(16)11-12-7-9-14(10-8-12)19(17,18)6-3;1-2;/h7,9-10H,4-6,11H2,1-3H3;1-2H3;/q-2;;. The molecule has 0 fully saturated rings. The zero-order chi connectivity index (χ0) is 16.5. The zero-order valence-electron chi connectivity index (χ0n) is 14.3. The minimum Gasteiger partial charge on any atom is -0.334 e. The Bertz CT molecular complexity index is 517. The van der Waals surface area contributed by atoms with Crippen molar-refractivity contribution in [2.45, 2.75) is 58.8 Å². The van der Waals surface area contributed by atoms with Gasteiger partial charge in [0.15, 0.2) is 0 Å². The fourth-order valence-corrected chi connectivity index (χ4v) is 2.70. The van der Waals surface area contributed by atoms with E-state index in [0.717, 1.165) is 24.3 Å². The molecule has 1 aromatic carbocycles. The minimum absolute atomic E-state index is 0. The molecule has 3 nitrogen and oxygen atoms in total. The first-order valence-electron chi connectivity index (χ1n) is 7.55. The van der Waals surface area contributed by atoms with Crippen molar-refractivity contribution in [3.63, 3.8) is 0 Å². The molecule has 123 valence electrons. The van der Waals surface area contributed by atoms with Crippen LogP contribution in [0.5, 0.6) is 0 Å². The van der Waals surface area contributed by atoms with E-state index in [1.165, 1.54) is 6.07 Å². The first-order valence-corrected chi connectivity index (χ1v) is 9.21. The summed E-state index contributed by atoms with van der Waals surface area (Å²) in [5.41, 5.74) is 0.736. The molecule has 0 atom stereocenters. The average molecular weight is 399 g/mol. The monoisotopic (exact) mass is 399 g/mol. The van der Waals surface area contributed by atoms with E-state index in [4.69, 9.17) is 0 Å². The van der Waals surface area contributed by atoms with Crippen molar-refractivity contribution in [2.24, 2.45) is 0 Å². The summed E-state index contributed by atoms with van der Waals surface area (Å²) in [6.45, 7) is 9.55. The topological polar surface area (TPSA) is 51.2 Å². The second-order valence-electron chi connectivity index (χ2n) is 4.36. The average Bonchev–Trinajstić information content (AvgIpc) is 2.51. The molecule has 1 aromatic rings. The number of benzene rings is 1. The van der Waals surface area contributed by atoms with Gasteiger partial charge in [-0.25, -0.2) is 8.42 Å². The van der Waals surface area contributed by atoms with Crippen LogP contribution in [0.15, 0.2) is 23.1 Å². The third-order valence-electron chi connectivity index (χ3n) is 3.19. The van der Waals surface area contributed by atoms with Gasteiger partial charge in [0, 0.05) is 44.2 Å². The quantitative estimate of drug-likeness (QED) is 0.656. The molecule has 0 aliphatic carbocycles. The summed E-state index contributed by atoms with van der Waals surface area (Å²) < 4.78 is 23.3. The van der Waals surface area contributed by atoms with E-state index >= 15 is 0 Å². The first kappa shape index (κ1) is 24.1. The Kier molecular flexibility index (Phi) is 13.4. The molecule has 1 radical (unpaired) electrons. The number of Topliss-reactive ketones (excluding diaryl/α,β-unsaturated/α-hetero) is 1. The molecular weight excluding hydrogens is 373 g/mol. The molecule has 0 aromatic heterocycles. The molecule has 0 bridgehead atoms. The van der Waals surface area contributed by atoms with Gasteiger partial charge in [0.2, 0.25) is 0 Å². The van der Waals surface area contributed by atoms with Crippen molar-refractivity contribution in [2.75, 3.05) is 5.75 Å². The number of rotatable bonds is 7. The van der Waals surface area contributed by atoms with Gasteiger partial charge in [-0.05, 0) is 11.3 Å². The number of sulfone groups is 1. The Morgan fingerprint density at radius 2 is 1.68 bits per heavy atom. The predicted molar refractivity (Wildman–Crippen MR) is 86.9 cm³/mol. The molecule has 0 N–H and O–H groups in total. The minimum atomic E-state index is -3.19. The van der Waals surface area contributed by atoms with Crippen molar-refractivity contribution in [1.82, 2.24) is 0 Å². The van der Waals surface area contributed by atoms with Crippen molar-refractivity contribution in [3.8, 4) is 0 Å². The summed E-state index contributed by atoms with van der Waals surface area (Å²) in [6.07, 6.45) is 1.82. The summed E-state index contributed by atoms with van der Waals surface area (Å²) in [4.78, 5) is 12.2. The fraction of sp³-hybridized carbons (Fsp3) is 0.529. The zero-order valence-corrected chi connectivity index (χ0v) is 17.9. The molecule has 0 saturated heterocycles. The largest absolute Gasteiger partial charge is 0.334 e. The van der Waals surface area contributed by atoms with Crippen LogP contribution >= 0.6 is 0 Å². The van der Waals surface area contributed by atoms with Gasteiger partial charge in [-0.3, -0.25) is 0 Å². The molecule has 0 aliphatic heterocycles. The molecule has 0 heterocycles. The molecule has 5 heteroatoms. The van der Waals surface area contributed by atoms with Crippen LogP contribution < -0.4 is 0 Å². The van der Waals surface area contributed by atoms with Gasteiger partial charge in [-0.2, -0.15) is 42.7 Å². The van der Waals surface area contributed by atoms with E-state index in [0.29, 0.717) is 6.42 Å². The van der Waals surface area contributed by atoms with Crippen LogP contribution in [0.3, 0.4) is 0 Å². The Labute approximate surface area is 161 Å². The fourth-order valence-electron chi connectivity index (χ4n) is 1.86. The summed E-state index contributed by atoms with van der Waals surface area (Å²) in [6, 6.07) is 7.58. The van der Waals surface area contributed by atoms with Crippen LogP contribution in [-0.2, 0) is 53.8 Å². The van der Waals surface area contributed by atoms with Crippen LogP contribution in [-0.4, -0.2) is 20.0 Å². The molecule has 22 heavy (non-hydrogen) atoms. The van der Waals surface area contributed by atoms with Crippen molar-refractivity contribution in [1.29, 1.82) is 0 Å². The van der Waals surface area contributed by atoms with Crippen molar-refractivity contribution >= 4 is 15.6 Å². The molecule has 0 saturated carbocycles. The maximum Gasteiger partial charge on any atom is 0.132 e. The van der Waals surface area contributed by atoms with Crippen LogP contribution in [0.25, 0.3) is 0 Å². The van der Waals surface area contributed by atoms with E-state index < -0.39 is 9.84 Å². The van der Waals surface area contributed by atoms with Crippen molar-refractivity contribution < 1.29 is 45.9 Å². The van der Waals surface area contributed by atoms with Crippen LogP contribution in [0.1, 0.15) is 53.0 Å².